The van der Waals surface area contributed by atoms with E-state index in [0.717, 1.165) is 23.7 Å². The van der Waals surface area contributed by atoms with Crippen LogP contribution >= 0.6 is 0 Å². The number of fused-ring (bicyclic) bond motifs is 1. The molecule has 0 spiro atoms. The topological polar surface area (TPSA) is 73.2 Å². The van der Waals surface area contributed by atoms with E-state index in [4.69, 9.17) is 4.74 Å². The van der Waals surface area contributed by atoms with Crippen molar-refractivity contribution in [2.24, 2.45) is 5.92 Å². The average Bonchev–Trinajstić information content (AvgIpc) is 2.96. The lowest BCUT2D eigenvalue weighted by atomic mass is 10.2. The molecule has 0 amide bonds. The van der Waals surface area contributed by atoms with Gasteiger partial charge in [0.15, 0.2) is 0 Å². The van der Waals surface area contributed by atoms with Gasteiger partial charge in [-0.1, -0.05) is 13.8 Å². The van der Waals surface area contributed by atoms with Crippen LogP contribution in [-0.4, -0.2) is 24.5 Å². The predicted molar refractivity (Wildman–Crippen MR) is 103 cm³/mol. The van der Waals surface area contributed by atoms with Gasteiger partial charge >= 0.3 is 0 Å². The van der Waals surface area contributed by atoms with Gasteiger partial charge in [-0.05, 0) is 42.3 Å². The van der Waals surface area contributed by atoms with Gasteiger partial charge in [0.25, 0.3) is 0 Å². The Morgan fingerprint density at radius 3 is 2.70 bits per heavy atom. The van der Waals surface area contributed by atoms with Crippen LogP contribution in [0.25, 0.3) is 10.9 Å². The number of halogens is 1. The van der Waals surface area contributed by atoms with Crippen molar-refractivity contribution >= 4 is 20.9 Å². The maximum atomic E-state index is 13.6. The molecule has 0 aliphatic heterocycles. The van der Waals surface area contributed by atoms with E-state index in [2.05, 4.69) is 23.7 Å². The zero-order valence-electron chi connectivity index (χ0n) is 15.4. The van der Waals surface area contributed by atoms with E-state index in [1.807, 2.05) is 22.9 Å². The zero-order chi connectivity index (χ0) is 19.6. The van der Waals surface area contributed by atoms with E-state index in [1.165, 1.54) is 18.2 Å². The minimum absolute atomic E-state index is 0.0551. The largest absolute Gasteiger partial charge is 0.457 e. The van der Waals surface area contributed by atoms with E-state index in [1.54, 1.807) is 6.20 Å². The fraction of sp³-hybridized carbons (Fsp3) is 0.316. The van der Waals surface area contributed by atoms with E-state index in [9.17, 15) is 12.8 Å². The molecule has 3 aromatic rings. The summed E-state index contributed by atoms with van der Waals surface area (Å²) in [7, 11) is -3.40. The minimum Gasteiger partial charge on any atom is -0.457 e. The second kappa shape index (κ2) is 7.66. The molecule has 0 bridgehead atoms. The van der Waals surface area contributed by atoms with Crippen LogP contribution in [-0.2, 0) is 23.1 Å². The highest BCUT2D eigenvalue weighted by molar-refractivity contribution is 7.88. The molecule has 0 radical (unpaired) electrons. The molecular formula is C19H22FN3O3S. The van der Waals surface area contributed by atoms with Crippen molar-refractivity contribution < 1.29 is 17.5 Å². The molecule has 1 heterocycles. The summed E-state index contributed by atoms with van der Waals surface area (Å²) < 4.78 is 46.4. The highest BCUT2D eigenvalue weighted by Crippen LogP contribution is 2.29. The molecule has 8 heteroatoms. The number of hydrogen-bond donors (Lipinski definition) is 1. The summed E-state index contributed by atoms with van der Waals surface area (Å²) in [5.41, 5.74) is 1.42. The second-order valence-corrected chi connectivity index (χ2v) is 8.72. The highest BCUT2D eigenvalue weighted by atomic mass is 32.2. The molecule has 144 valence electrons. The Bertz CT molecular complexity index is 1060. The van der Waals surface area contributed by atoms with Crippen LogP contribution in [0.5, 0.6) is 11.5 Å². The lowest BCUT2D eigenvalue weighted by Crippen LogP contribution is -2.21. The van der Waals surface area contributed by atoms with Gasteiger partial charge in [-0.3, -0.25) is 4.68 Å². The molecule has 0 unspecified atom stereocenters. The molecule has 2 aromatic carbocycles. The van der Waals surface area contributed by atoms with Crippen LogP contribution in [0.1, 0.15) is 19.4 Å². The summed E-state index contributed by atoms with van der Waals surface area (Å²) in [5, 5.41) is 5.34. The van der Waals surface area contributed by atoms with E-state index in [0.29, 0.717) is 23.0 Å². The smallest absolute Gasteiger partial charge is 0.209 e. The van der Waals surface area contributed by atoms with Gasteiger partial charge in [0, 0.05) is 24.0 Å². The van der Waals surface area contributed by atoms with Crippen molar-refractivity contribution in [2.75, 3.05) is 6.26 Å². The Morgan fingerprint density at radius 2 is 2.00 bits per heavy atom. The molecule has 0 saturated heterocycles. The maximum Gasteiger partial charge on any atom is 0.209 e. The quantitative estimate of drug-likeness (QED) is 0.667. The second-order valence-electron chi connectivity index (χ2n) is 6.89. The van der Waals surface area contributed by atoms with Crippen LogP contribution in [0.15, 0.2) is 42.6 Å². The van der Waals surface area contributed by atoms with Crippen molar-refractivity contribution in [3.05, 3.63) is 54.0 Å². The predicted octanol–water partition coefficient (Wildman–Crippen LogP) is 3.67. The van der Waals surface area contributed by atoms with E-state index < -0.39 is 15.8 Å². The van der Waals surface area contributed by atoms with Crippen LogP contribution in [0.2, 0.25) is 0 Å². The molecule has 0 aliphatic carbocycles. The summed E-state index contributed by atoms with van der Waals surface area (Å²) >= 11 is 0. The highest BCUT2D eigenvalue weighted by Gasteiger charge is 2.11. The van der Waals surface area contributed by atoms with Crippen molar-refractivity contribution in [1.82, 2.24) is 14.5 Å². The first-order valence-electron chi connectivity index (χ1n) is 8.58. The van der Waals surface area contributed by atoms with Crippen LogP contribution in [0.3, 0.4) is 0 Å². The van der Waals surface area contributed by atoms with Gasteiger partial charge in [-0.25, -0.2) is 17.5 Å². The van der Waals surface area contributed by atoms with Gasteiger partial charge < -0.3 is 4.74 Å². The Kier molecular flexibility index (Phi) is 5.48. The number of sulfonamides is 1. The minimum atomic E-state index is -3.40. The Balaban J connectivity index is 1.86. The number of rotatable bonds is 7. The van der Waals surface area contributed by atoms with Crippen LogP contribution < -0.4 is 9.46 Å². The Hall–Kier alpha value is -2.45. The first kappa shape index (κ1) is 19.3. The molecule has 0 fully saturated rings. The summed E-state index contributed by atoms with van der Waals surface area (Å²) in [5.74, 6) is 0.978. The average molecular weight is 391 g/mol. The molecule has 0 saturated carbocycles. The number of nitrogens with one attached hydrogen (secondary N) is 1. The number of ether oxygens (including phenoxy) is 1. The number of benzene rings is 2. The molecule has 27 heavy (non-hydrogen) atoms. The van der Waals surface area contributed by atoms with Gasteiger partial charge in [0.1, 0.15) is 17.3 Å². The standard InChI is InChI=1S/C19H22FN3O3S/c1-13(2)12-23-18-6-5-17(9-14(18)10-21-23)26-19-7-4-16(20)8-15(19)11-22-27(3,24)25/h4-10,13,22H,11-12H2,1-3H3. The number of aromatic nitrogens is 2. The van der Waals surface area contributed by atoms with Gasteiger partial charge in [0.2, 0.25) is 10.0 Å². The van der Waals surface area contributed by atoms with Crippen molar-refractivity contribution in [3.63, 3.8) is 0 Å². The van der Waals surface area contributed by atoms with Crippen LogP contribution in [0, 0.1) is 11.7 Å². The number of nitrogens with zero attached hydrogens (tertiary/aromatic N) is 2. The summed E-state index contributed by atoms with van der Waals surface area (Å²) in [6.07, 6.45) is 2.83. The molecule has 0 atom stereocenters. The van der Waals surface area contributed by atoms with Gasteiger partial charge in [0.05, 0.1) is 18.0 Å². The van der Waals surface area contributed by atoms with Crippen molar-refractivity contribution in [3.8, 4) is 11.5 Å². The SMILES string of the molecule is CC(C)Cn1ncc2cc(Oc3ccc(F)cc3CNS(C)(=O)=O)ccc21. The fourth-order valence-electron chi connectivity index (χ4n) is 2.74. The van der Waals surface area contributed by atoms with Crippen molar-refractivity contribution in [2.45, 2.75) is 26.9 Å². The molecule has 3 rings (SSSR count). The molecule has 1 N–H and O–H groups in total. The van der Waals surface area contributed by atoms with Gasteiger partial charge in [-0.15, -0.1) is 0 Å². The summed E-state index contributed by atoms with van der Waals surface area (Å²) in [6.45, 7) is 5.03. The third kappa shape index (κ3) is 5.05. The lowest BCUT2D eigenvalue weighted by molar-refractivity contribution is 0.473. The Labute approximate surface area is 158 Å². The normalized spacial score (nSPS) is 12.0. The first-order chi connectivity index (χ1) is 12.7. The fourth-order valence-corrected chi connectivity index (χ4v) is 3.16. The lowest BCUT2D eigenvalue weighted by Gasteiger charge is -2.12. The summed E-state index contributed by atoms with van der Waals surface area (Å²) in [6, 6.07) is 9.62. The van der Waals surface area contributed by atoms with Crippen LogP contribution in [0.4, 0.5) is 4.39 Å². The van der Waals surface area contributed by atoms with Crippen molar-refractivity contribution in [1.29, 1.82) is 0 Å². The monoisotopic (exact) mass is 391 g/mol. The molecular weight excluding hydrogens is 369 g/mol. The molecule has 1 aromatic heterocycles. The zero-order valence-corrected chi connectivity index (χ0v) is 16.3. The third-order valence-corrected chi connectivity index (χ3v) is 4.60. The first-order valence-corrected chi connectivity index (χ1v) is 10.5. The maximum absolute atomic E-state index is 13.6. The molecule has 0 aliphatic rings. The van der Waals surface area contributed by atoms with E-state index >= 15 is 0 Å². The number of hydrogen-bond acceptors (Lipinski definition) is 4. The van der Waals surface area contributed by atoms with Gasteiger partial charge in [-0.2, -0.15) is 5.10 Å². The third-order valence-electron chi connectivity index (χ3n) is 3.93. The summed E-state index contributed by atoms with van der Waals surface area (Å²) in [4.78, 5) is 0. The molecule has 6 nitrogen and oxygen atoms in total. The van der Waals surface area contributed by atoms with E-state index in [-0.39, 0.29) is 6.54 Å². The Morgan fingerprint density at radius 1 is 1.22 bits per heavy atom.